The van der Waals surface area contributed by atoms with Gasteiger partial charge in [0.2, 0.25) is 5.91 Å². The van der Waals surface area contributed by atoms with Crippen LogP contribution in [-0.4, -0.2) is 42.2 Å². The van der Waals surface area contributed by atoms with Crippen LogP contribution in [0.5, 0.6) is 0 Å². The zero-order valence-corrected chi connectivity index (χ0v) is 11.5. The molecule has 0 aromatic carbocycles. The van der Waals surface area contributed by atoms with Crippen molar-refractivity contribution in [3.8, 4) is 0 Å². The monoisotopic (exact) mass is 293 g/mol. The minimum atomic E-state index is -2.57. The highest BCUT2D eigenvalue weighted by atomic mass is 19.3. The fraction of sp³-hybridized carbons (Fsp3) is 0.846. The molecule has 0 spiro atoms. The van der Waals surface area contributed by atoms with Crippen LogP contribution in [0, 0.1) is 5.92 Å². The molecule has 20 heavy (non-hydrogen) atoms. The van der Waals surface area contributed by atoms with E-state index in [9.17, 15) is 23.5 Å². The van der Waals surface area contributed by atoms with E-state index in [1.807, 2.05) is 0 Å². The molecule has 1 amide bonds. The van der Waals surface area contributed by atoms with Gasteiger partial charge in [0, 0.05) is 6.42 Å². The second kappa shape index (κ2) is 7.52. The zero-order chi connectivity index (χ0) is 15.2. The van der Waals surface area contributed by atoms with Crippen molar-refractivity contribution < 1.29 is 28.2 Å². The number of carboxylic acid groups (broad SMARTS) is 1. The first-order chi connectivity index (χ1) is 9.38. The minimum Gasteiger partial charge on any atom is -0.479 e. The van der Waals surface area contributed by atoms with E-state index in [4.69, 9.17) is 0 Å². The lowest BCUT2D eigenvalue weighted by Gasteiger charge is -2.39. The number of alkyl halides is 2. The Morgan fingerprint density at radius 1 is 1.45 bits per heavy atom. The summed E-state index contributed by atoms with van der Waals surface area (Å²) in [4.78, 5) is 23.3. The van der Waals surface area contributed by atoms with E-state index in [0.29, 0.717) is 6.42 Å². The summed E-state index contributed by atoms with van der Waals surface area (Å²) >= 11 is 0. The van der Waals surface area contributed by atoms with E-state index >= 15 is 0 Å². The average molecular weight is 293 g/mol. The molecule has 0 aliphatic heterocycles. The van der Waals surface area contributed by atoms with Gasteiger partial charge in [-0.05, 0) is 18.8 Å². The summed E-state index contributed by atoms with van der Waals surface area (Å²) in [5.41, 5.74) is -1.24. The number of halogens is 2. The molecule has 1 fully saturated rings. The molecular weight excluding hydrogens is 272 g/mol. The van der Waals surface area contributed by atoms with Crippen LogP contribution in [0.15, 0.2) is 0 Å². The smallest absolute Gasteiger partial charge is 0.329 e. The third-order valence-electron chi connectivity index (χ3n) is 3.76. The predicted octanol–water partition coefficient (Wildman–Crippen LogP) is 1.81. The first kappa shape index (κ1) is 16.8. The molecule has 0 bridgehead atoms. The molecule has 0 radical (unpaired) electrons. The highest BCUT2D eigenvalue weighted by Gasteiger charge is 2.46. The third kappa shape index (κ3) is 4.40. The molecule has 0 saturated heterocycles. The summed E-state index contributed by atoms with van der Waals surface area (Å²) in [6.07, 6.45) is 0.153. The summed E-state index contributed by atoms with van der Waals surface area (Å²) in [5.74, 6) is -1.67. The average Bonchev–Trinajstić information content (AvgIpc) is 2.37. The largest absolute Gasteiger partial charge is 0.479 e. The summed E-state index contributed by atoms with van der Waals surface area (Å²) in [6.45, 7) is 0.953. The molecule has 1 aliphatic carbocycles. The van der Waals surface area contributed by atoms with Gasteiger partial charge in [0.15, 0.2) is 0 Å². The van der Waals surface area contributed by atoms with Crippen LogP contribution < -0.4 is 5.32 Å². The van der Waals surface area contributed by atoms with Crippen molar-refractivity contribution in [2.75, 3.05) is 13.2 Å². The van der Waals surface area contributed by atoms with Crippen molar-refractivity contribution in [3.63, 3.8) is 0 Å². The van der Waals surface area contributed by atoms with Crippen LogP contribution in [0.25, 0.3) is 0 Å². The van der Waals surface area contributed by atoms with E-state index in [2.05, 4.69) is 10.1 Å². The molecule has 2 N–H and O–H groups in total. The fourth-order valence-corrected chi connectivity index (χ4v) is 2.55. The Bertz CT molecular complexity index is 351. The molecule has 5 nitrogen and oxygen atoms in total. The molecule has 116 valence electrons. The van der Waals surface area contributed by atoms with E-state index in [-0.39, 0.29) is 18.9 Å². The van der Waals surface area contributed by atoms with Crippen molar-refractivity contribution in [1.82, 2.24) is 5.32 Å². The number of ether oxygens (including phenoxy) is 1. The zero-order valence-electron chi connectivity index (χ0n) is 11.5. The number of nitrogens with one attached hydrogen (secondary N) is 1. The van der Waals surface area contributed by atoms with Crippen LogP contribution in [0.1, 0.15) is 39.0 Å². The maximum atomic E-state index is 11.8. The molecule has 0 aromatic rings. The van der Waals surface area contributed by atoms with Crippen molar-refractivity contribution >= 4 is 11.9 Å². The second-order valence-corrected chi connectivity index (χ2v) is 5.19. The van der Waals surface area contributed by atoms with Crippen LogP contribution in [-0.2, 0) is 14.3 Å². The topological polar surface area (TPSA) is 75.6 Å². The van der Waals surface area contributed by atoms with Gasteiger partial charge < -0.3 is 15.2 Å². The number of amides is 1. The van der Waals surface area contributed by atoms with E-state index in [1.54, 1.807) is 6.92 Å². The lowest BCUT2D eigenvalue weighted by Crippen LogP contribution is -2.60. The molecule has 2 unspecified atom stereocenters. The van der Waals surface area contributed by atoms with Gasteiger partial charge in [-0.3, -0.25) is 4.79 Å². The first-order valence-electron chi connectivity index (χ1n) is 6.79. The van der Waals surface area contributed by atoms with Crippen molar-refractivity contribution in [1.29, 1.82) is 0 Å². The summed E-state index contributed by atoms with van der Waals surface area (Å²) in [7, 11) is 0. The minimum absolute atomic E-state index is 0.117. The van der Waals surface area contributed by atoms with Crippen molar-refractivity contribution in [2.24, 2.45) is 5.92 Å². The maximum absolute atomic E-state index is 11.8. The van der Waals surface area contributed by atoms with Gasteiger partial charge in [-0.25, -0.2) is 13.6 Å². The predicted molar refractivity (Wildman–Crippen MR) is 67.6 cm³/mol. The highest BCUT2D eigenvalue weighted by Crippen LogP contribution is 2.34. The highest BCUT2D eigenvalue weighted by molar-refractivity contribution is 5.87. The third-order valence-corrected chi connectivity index (χ3v) is 3.76. The summed E-state index contributed by atoms with van der Waals surface area (Å²) in [6, 6.07) is 0. The number of carboxylic acids is 1. The van der Waals surface area contributed by atoms with Gasteiger partial charge in [-0.2, -0.15) is 0 Å². The Morgan fingerprint density at radius 2 is 2.15 bits per heavy atom. The molecule has 1 rings (SSSR count). The Morgan fingerprint density at radius 3 is 2.70 bits per heavy atom. The molecule has 2 atom stereocenters. The Labute approximate surface area is 116 Å². The van der Waals surface area contributed by atoms with Crippen molar-refractivity contribution in [2.45, 2.75) is 51.0 Å². The molecule has 1 aliphatic rings. The Hall–Kier alpha value is -1.24. The van der Waals surface area contributed by atoms with Crippen molar-refractivity contribution in [3.05, 3.63) is 0 Å². The lowest BCUT2D eigenvalue weighted by atomic mass is 9.73. The fourth-order valence-electron chi connectivity index (χ4n) is 2.55. The van der Waals surface area contributed by atoms with Gasteiger partial charge in [-0.1, -0.05) is 19.8 Å². The lowest BCUT2D eigenvalue weighted by molar-refractivity contribution is -0.152. The van der Waals surface area contributed by atoms with Crippen LogP contribution >= 0.6 is 0 Å². The molecule has 1 saturated carbocycles. The first-order valence-corrected chi connectivity index (χ1v) is 6.79. The van der Waals surface area contributed by atoms with Crippen LogP contribution in [0.4, 0.5) is 8.78 Å². The Balaban J connectivity index is 2.49. The SMILES string of the molecule is CC1CCCCC1(NC(=O)CCOCC(F)F)C(=O)O. The van der Waals surface area contributed by atoms with Gasteiger partial charge in [0.05, 0.1) is 6.61 Å². The van der Waals surface area contributed by atoms with Crippen LogP contribution in [0.3, 0.4) is 0 Å². The quantitative estimate of drug-likeness (QED) is 0.702. The number of hydrogen-bond donors (Lipinski definition) is 2. The molecule has 0 heterocycles. The number of carbonyl (C=O) groups is 2. The summed E-state index contributed by atoms with van der Waals surface area (Å²) < 4.78 is 28.3. The maximum Gasteiger partial charge on any atom is 0.329 e. The van der Waals surface area contributed by atoms with E-state index in [0.717, 1.165) is 19.3 Å². The standard InChI is InChI=1S/C13H21F2NO4/c1-9-4-2-3-6-13(9,12(18)19)16-11(17)5-7-20-8-10(14)15/h9-10H,2-8H2,1H3,(H,16,17)(H,18,19). The van der Waals surface area contributed by atoms with Gasteiger partial charge in [0.1, 0.15) is 12.1 Å². The van der Waals surface area contributed by atoms with E-state index in [1.165, 1.54) is 0 Å². The van der Waals surface area contributed by atoms with Gasteiger partial charge in [-0.15, -0.1) is 0 Å². The molecular formula is C13H21F2NO4. The molecule has 0 aromatic heterocycles. The van der Waals surface area contributed by atoms with E-state index < -0.39 is 30.4 Å². The number of rotatable bonds is 7. The van der Waals surface area contributed by atoms with Crippen LogP contribution in [0.2, 0.25) is 0 Å². The molecule has 7 heteroatoms. The van der Waals surface area contributed by atoms with Gasteiger partial charge in [0.25, 0.3) is 6.43 Å². The number of carbonyl (C=O) groups excluding carboxylic acids is 1. The number of aliphatic carboxylic acids is 1. The van der Waals surface area contributed by atoms with Gasteiger partial charge >= 0.3 is 5.97 Å². The summed E-state index contributed by atoms with van der Waals surface area (Å²) in [5, 5.41) is 12.0. The Kier molecular flexibility index (Phi) is 6.32. The second-order valence-electron chi connectivity index (χ2n) is 5.19. The number of hydrogen-bond acceptors (Lipinski definition) is 3. The normalized spacial score (nSPS) is 26.5.